The van der Waals surface area contributed by atoms with Gasteiger partial charge < -0.3 is 29.6 Å². The van der Waals surface area contributed by atoms with Crippen molar-refractivity contribution in [3.8, 4) is 17.2 Å². The summed E-state index contributed by atoms with van der Waals surface area (Å²) in [6.07, 6.45) is 3.41. The number of anilines is 1. The van der Waals surface area contributed by atoms with Crippen molar-refractivity contribution in [1.82, 2.24) is 9.97 Å². The van der Waals surface area contributed by atoms with Gasteiger partial charge in [-0.1, -0.05) is 23.7 Å². The summed E-state index contributed by atoms with van der Waals surface area (Å²) in [5.41, 5.74) is 0.644. The molecule has 5 rings (SSSR count). The van der Waals surface area contributed by atoms with Gasteiger partial charge in [0.25, 0.3) is 0 Å². The average molecular weight is 562 g/mol. The number of nitrogens with one attached hydrogen (secondary N) is 2. The molecule has 0 radical (unpaired) electrons. The summed E-state index contributed by atoms with van der Waals surface area (Å²) in [5, 5.41) is 12.8. The van der Waals surface area contributed by atoms with Crippen LogP contribution in [0, 0.1) is 5.82 Å². The molecule has 0 unspecified atom stereocenters. The van der Waals surface area contributed by atoms with E-state index < -0.39 is 18.2 Å². The first-order chi connectivity index (χ1) is 18.8. The van der Waals surface area contributed by atoms with E-state index in [0.29, 0.717) is 12.8 Å². The molecule has 1 saturated heterocycles. The highest BCUT2D eigenvalue weighted by molar-refractivity contribution is 6.36. The van der Waals surface area contributed by atoms with Crippen LogP contribution in [0.15, 0.2) is 54.9 Å². The van der Waals surface area contributed by atoms with Crippen LogP contribution in [-0.4, -0.2) is 52.8 Å². The SMILES string of the molecule is O=C(c1ccc(Oc2ccccc2F)cc1Cl)c1c[nH]c2ncc(OC(F)F)c(N[C@@H]3CC[C@@H](CO)OC3)c12. The van der Waals surface area contributed by atoms with E-state index in [0.717, 1.165) is 6.20 Å². The number of hydrogen-bond acceptors (Lipinski definition) is 7. The fraction of sp³-hybridized carbons (Fsp3) is 0.259. The second kappa shape index (κ2) is 11.5. The van der Waals surface area contributed by atoms with Gasteiger partial charge in [0.05, 0.1) is 47.2 Å². The number of hydrogen-bond donors (Lipinski definition) is 3. The number of alkyl halides is 2. The van der Waals surface area contributed by atoms with E-state index in [1.165, 1.54) is 42.6 Å². The van der Waals surface area contributed by atoms with E-state index in [1.54, 1.807) is 6.07 Å². The molecule has 1 aliphatic rings. The lowest BCUT2D eigenvalue weighted by molar-refractivity contribution is -0.0497. The number of ketones is 1. The van der Waals surface area contributed by atoms with Crippen molar-refractivity contribution in [2.45, 2.75) is 31.6 Å². The minimum absolute atomic E-state index is 0.00498. The Hall–Kier alpha value is -3.80. The van der Waals surface area contributed by atoms with Crippen LogP contribution in [0.1, 0.15) is 28.8 Å². The van der Waals surface area contributed by atoms with Gasteiger partial charge >= 0.3 is 6.61 Å². The van der Waals surface area contributed by atoms with Crippen molar-refractivity contribution in [2.75, 3.05) is 18.5 Å². The summed E-state index contributed by atoms with van der Waals surface area (Å²) in [6, 6.07) is 9.85. The van der Waals surface area contributed by atoms with Gasteiger partial charge in [-0.05, 0) is 37.1 Å². The van der Waals surface area contributed by atoms with Crippen molar-refractivity contribution in [3.63, 3.8) is 0 Å². The van der Waals surface area contributed by atoms with Gasteiger partial charge in [-0.25, -0.2) is 9.37 Å². The lowest BCUT2D eigenvalue weighted by atomic mass is 10.0. The lowest BCUT2D eigenvalue weighted by Gasteiger charge is -2.30. The molecule has 1 fully saturated rings. The summed E-state index contributed by atoms with van der Waals surface area (Å²) in [6.45, 7) is -3.03. The molecule has 1 aliphatic heterocycles. The monoisotopic (exact) mass is 561 g/mol. The Balaban J connectivity index is 1.48. The van der Waals surface area contributed by atoms with E-state index in [1.807, 2.05) is 0 Å². The Kier molecular flexibility index (Phi) is 7.92. The number of aliphatic hydroxyl groups excluding tert-OH is 1. The first kappa shape index (κ1) is 26.8. The first-order valence-electron chi connectivity index (χ1n) is 12.0. The molecule has 12 heteroatoms. The van der Waals surface area contributed by atoms with Crippen molar-refractivity contribution in [1.29, 1.82) is 0 Å². The van der Waals surface area contributed by atoms with Crippen LogP contribution >= 0.6 is 11.6 Å². The Bertz CT molecular complexity index is 1490. The molecule has 204 valence electrons. The fourth-order valence-electron chi connectivity index (χ4n) is 4.40. The normalized spacial score (nSPS) is 17.4. The van der Waals surface area contributed by atoms with Gasteiger partial charge in [0.15, 0.2) is 23.1 Å². The van der Waals surface area contributed by atoms with Gasteiger partial charge in [-0.3, -0.25) is 4.79 Å². The second-order valence-electron chi connectivity index (χ2n) is 8.86. The quantitative estimate of drug-likeness (QED) is 0.217. The van der Waals surface area contributed by atoms with E-state index in [2.05, 4.69) is 15.3 Å². The smallest absolute Gasteiger partial charge is 0.387 e. The van der Waals surface area contributed by atoms with Gasteiger partial charge in [-0.2, -0.15) is 8.78 Å². The Morgan fingerprint density at radius 3 is 2.72 bits per heavy atom. The molecule has 2 aromatic heterocycles. The number of pyridine rings is 1. The summed E-state index contributed by atoms with van der Waals surface area (Å²) < 4.78 is 56.3. The molecule has 4 aromatic rings. The van der Waals surface area contributed by atoms with Gasteiger partial charge in [0, 0.05) is 23.9 Å². The Morgan fingerprint density at radius 2 is 2.03 bits per heavy atom. The molecule has 3 N–H and O–H groups in total. The molecule has 2 aromatic carbocycles. The maximum atomic E-state index is 14.0. The molecule has 0 bridgehead atoms. The number of rotatable bonds is 9. The van der Waals surface area contributed by atoms with Crippen molar-refractivity contribution >= 4 is 34.1 Å². The summed E-state index contributed by atoms with van der Waals surface area (Å²) in [7, 11) is 0. The molecule has 0 aliphatic carbocycles. The molecule has 0 spiro atoms. The predicted octanol–water partition coefficient (Wildman–Crippen LogP) is 5.93. The van der Waals surface area contributed by atoms with Gasteiger partial charge in [-0.15, -0.1) is 0 Å². The predicted molar refractivity (Wildman–Crippen MR) is 138 cm³/mol. The van der Waals surface area contributed by atoms with Crippen LogP contribution in [0.2, 0.25) is 5.02 Å². The molecule has 3 heterocycles. The van der Waals surface area contributed by atoms with Gasteiger partial charge in [0.2, 0.25) is 0 Å². The number of carbonyl (C=O) groups excluding carboxylic acids is 1. The maximum absolute atomic E-state index is 14.0. The molecule has 8 nitrogen and oxygen atoms in total. The third kappa shape index (κ3) is 5.80. The maximum Gasteiger partial charge on any atom is 0.387 e. The van der Waals surface area contributed by atoms with Crippen LogP contribution in [0.4, 0.5) is 18.9 Å². The minimum Gasteiger partial charge on any atom is -0.454 e. The molecular formula is C27H23ClF3N3O5. The largest absolute Gasteiger partial charge is 0.454 e. The summed E-state index contributed by atoms with van der Waals surface area (Å²) >= 11 is 6.42. The number of aromatic amines is 1. The molecule has 39 heavy (non-hydrogen) atoms. The van der Waals surface area contributed by atoms with Crippen LogP contribution in [-0.2, 0) is 4.74 Å². The van der Waals surface area contributed by atoms with Crippen LogP contribution < -0.4 is 14.8 Å². The number of aliphatic hydroxyl groups is 1. The second-order valence-corrected chi connectivity index (χ2v) is 9.27. The van der Waals surface area contributed by atoms with Crippen molar-refractivity contribution in [2.24, 2.45) is 0 Å². The minimum atomic E-state index is -3.12. The molecule has 0 saturated carbocycles. The first-order valence-corrected chi connectivity index (χ1v) is 12.4. The zero-order valence-electron chi connectivity index (χ0n) is 20.3. The summed E-state index contributed by atoms with van der Waals surface area (Å²) in [4.78, 5) is 20.7. The highest BCUT2D eigenvalue weighted by Crippen LogP contribution is 2.38. The highest BCUT2D eigenvalue weighted by atomic mass is 35.5. The number of aromatic nitrogens is 2. The number of ether oxygens (including phenoxy) is 3. The van der Waals surface area contributed by atoms with Gasteiger partial charge in [0.1, 0.15) is 11.4 Å². The van der Waals surface area contributed by atoms with Crippen molar-refractivity contribution < 1.29 is 37.3 Å². The van der Waals surface area contributed by atoms with E-state index in [9.17, 15) is 23.1 Å². The number of benzene rings is 2. The zero-order chi connectivity index (χ0) is 27.5. The van der Waals surface area contributed by atoms with Crippen molar-refractivity contribution in [3.05, 3.63) is 76.8 Å². The standard InChI is InChI=1S/C27H23ClF3N3O5/c28-19-9-15(38-21-4-2-1-3-20(21)29)7-8-17(19)25(36)18-10-32-26-23(18)24(22(11-33-26)39-27(30)31)34-14-5-6-16(12-35)37-13-14/h1-4,7-11,14,16,27,35H,5-6,12-13H2,(H2,32,33,34)/t14-,16+/m1/s1. The molecule has 2 atom stereocenters. The average Bonchev–Trinajstić information content (AvgIpc) is 3.36. The Labute approximate surface area is 225 Å². The zero-order valence-corrected chi connectivity index (χ0v) is 21.1. The number of H-pyrrole nitrogens is 1. The van der Waals surface area contributed by atoms with Crippen LogP contribution in [0.25, 0.3) is 11.0 Å². The number of fused-ring (bicyclic) bond motifs is 1. The Morgan fingerprint density at radius 1 is 1.21 bits per heavy atom. The third-order valence-corrected chi connectivity index (χ3v) is 6.61. The van der Waals surface area contributed by atoms with E-state index in [-0.39, 0.29) is 75.5 Å². The summed E-state index contributed by atoms with van der Waals surface area (Å²) in [5.74, 6) is -1.10. The molecular weight excluding hydrogens is 539 g/mol. The van der Waals surface area contributed by atoms with E-state index >= 15 is 0 Å². The van der Waals surface area contributed by atoms with Crippen LogP contribution in [0.3, 0.4) is 0 Å². The third-order valence-electron chi connectivity index (χ3n) is 6.30. The van der Waals surface area contributed by atoms with E-state index in [4.69, 9.17) is 25.8 Å². The number of nitrogens with zero attached hydrogens (tertiary/aromatic N) is 1. The van der Waals surface area contributed by atoms with Crippen LogP contribution in [0.5, 0.6) is 17.2 Å². The lowest BCUT2D eigenvalue weighted by Crippen LogP contribution is -2.36. The number of halogens is 4. The number of carbonyl (C=O) groups is 1. The highest BCUT2D eigenvalue weighted by Gasteiger charge is 2.27. The fourth-order valence-corrected chi connectivity index (χ4v) is 4.65. The number of para-hydroxylation sites is 1. The molecule has 0 amide bonds. The topological polar surface area (TPSA) is 106 Å².